The normalized spacial score (nSPS) is 10.3. The average molecular weight is 217 g/mol. The van der Waals surface area contributed by atoms with Gasteiger partial charge in [-0.1, -0.05) is 25.1 Å². The van der Waals surface area contributed by atoms with Crippen molar-refractivity contribution >= 4 is 22.9 Å². The fourth-order valence-electron chi connectivity index (χ4n) is 0.919. The Labute approximate surface area is 87.6 Å². The van der Waals surface area contributed by atoms with Gasteiger partial charge in [0.25, 0.3) is 0 Å². The molecule has 0 atom stereocenters. The van der Waals surface area contributed by atoms with Gasteiger partial charge in [0.1, 0.15) is 0 Å². The van der Waals surface area contributed by atoms with Crippen LogP contribution in [0.5, 0.6) is 0 Å². The van der Waals surface area contributed by atoms with Crippen LogP contribution in [0.4, 0.5) is 0 Å². The van der Waals surface area contributed by atoms with Crippen LogP contribution in [0.1, 0.15) is 17.6 Å². The van der Waals surface area contributed by atoms with Crippen molar-refractivity contribution in [2.75, 3.05) is 6.54 Å². The highest BCUT2D eigenvalue weighted by Crippen LogP contribution is 2.09. The van der Waals surface area contributed by atoms with Crippen LogP contribution in [0.15, 0.2) is 17.0 Å². The summed E-state index contributed by atoms with van der Waals surface area (Å²) in [6.45, 7) is 7.11. The van der Waals surface area contributed by atoms with Crippen molar-refractivity contribution in [2.45, 2.75) is 19.9 Å². The van der Waals surface area contributed by atoms with E-state index < -0.39 is 0 Å². The Bertz CT molecular complexity index is 283. The molecule has 1 heterocycles. The first kappa shape index (κ1) is 10.7. The third-order valence-corrected chi connectivity index (χ3v) is 2.70. The van der Waals surface area contributed by atoms with Gasteiger partial charge in [-0.15, -0.1) is 11.3 Å². The largest absolute Gasteiger partial charge is 0.306 e. The van der Waals surface area contributed by atoms with Crippen LogP contribution in [-0.4, -0.2) is 11.5 Å². The lowest BCUT2D eigenvalue weighted by Crippen LogP contribution is -2.14. The first-order chi connectivity index (χ1) is 6.22. The van der Waals surface area contributed by atoms with Gasteiger partial charge >= 0.3 is 0 Å². The molecule has 0 amide bonds. The van der Waals surface area contributed by atoms with E-state index in [0.717, 1.165) is 18.7 Å². The lowest BCUT2D eigenvalue weighted by atomic mass is 10.4. The Morgan fingerprint density at radius 3 is 3.08 bits per heavy atom. The predicted molar refractivity (Wildman–Crippen MR) is 58.2 cm³/mol. The van der Waals surface area contributed by atoms with Crippen molar-refractivity contribution in [3.05, 3.63) is 27.7 Å². The summed E-state index contributed by atoms with van der Waals surface area (Å²) < 4.78 is 0. The number of hydrogen-bond donors (Lipinski definition) is 1. The molecule has 4 heteroatoms. The fraction of sp³-hybridized carbons (Fsp3) is 0.444. The number of rotatable bonds is 5. The van der Waals surface area contributed by atoms with Crippen LogP contribution in [-0.2, 0) is 13.0 Å². The van der Waals surface area contributed by atoms with Gasteiger partial charge in [-0.2, -0.15) is 0 Å². The number of nitrogens with zero attached hydrogens (tertiary/aromatic N) is 1. The molecule has 0 aliphatic carbocycles. The zero-order valence-electron chi connectivity index (χ0n) is 7.64. The second-order valence-corrected chi connectivity index (χ2v) is 4.18. The Balaban J connectivity index is 2.32. The van der Waals surface area contributed by atoms with Crippen molar-refractivity contribution in [1.29, 1.82) is 0 Å². The Hall–Kier alpha value is -0.380. The predicted octanol–water partition coefficient (Wildman–Crippen LogP) is 2.55. The van der Waals surface area contributed by atoms with Gasteiger partial charge in [0.05, 0.1) is 10.7 Å². The first-order valence-corrected chi connectivity index (χ1v) is 5.45. The van der Waals surface area contributed by atoms with Crippen LogP contribution in [0.3, 0.4) is 0 Å². The minimum atomic E-state index is 0.631. The molecule has 13 heavy (non-hydrogen) atoms. The molecular formula is C9H13ClN2S. The first-order valence-electron chi connectivity index (χ1n) is 4.19. The topological polar surface area (TPSA) is 24.9 Å². The molecule has 1 N–H and O–H groups in total. The highest BCUT2D eigenvalue weighted by atomic mass is 35.5. The Morgan fingerprint density at radius 2 is 2.54 bits per heavy atom. The van der Waals surface area contributed by atoms with E-state index in [4.69, 9.17) is 11.6 Å². The lowest BCUT2D eigenvalue weighted by Gasteiger charge is -1.98. The number of nitrogens with one attached hydrogen (secondary N) is 1. The number of halogens is 1. The van der Waals surface area contributed by atoms with Gasteiger partial charge in [-0.25, -0.2) is 4.98 Å². The van der Waals surface area contributed by atoms with Crippen molar-refractivity contribution < 1.29 is 0 Å². The van der Waals surface area contributed by atoms with Crippen LogP contribution < -0.4 is 5.32 Å². The van der Waals surface area contributed by atoms with E-state index in [9.17, 15) is 0 Å². The second kappa shape index (κ2) is 5.37. The molecule has 0 unspecified atom stereocenters. The van der Waals surface area contributed by atoms with E-state index in [1.807, 2.05) is 0 Å². The monoisotopic (exact) mass is 216 g/mol. The van der Waals surface area contributed by atoms with Crippen molar-refractivity contribution in [1.82, 2.24) is 10.3 Å². The number of hydrogen-bond acceptors (Lipinski definition) is 3. The molecule has 0 aliphatic rings. The summed E-state index contributed by atoms with van der Waals surface area (Å²) in [5, 5.41) is 7.04. The molecule has 1 aromatic rings. The van der Waals surface area contributed by atoms with Crippen LogP contribution in [0.25, 0.3) is 0 Å². The molecule has 0 saturated carbocycles. The quantitative estimate of drug-likeness (QED) is 0.819. The highest BCUT2D eigenvalue weighted by Gasteiger charge is 1.99. The van der Waals surface area contributed by atoms with Crippen LogP contribution >= 0.6 is 22.9 Å². The van der Waals surface area contributed by atoms with Crippen LogP contribution in [0, 0.1) is 0 Å². The zero-order chi connectivity index (χ0) is 9.68. The van der Waals surface area contributed by atoms with Gasteiger partial charge in [0.2, 0.25) is 0 Å². The molecule has 0 fully saturated rings. The van der Waals surface area contributed by atoms with E-state index in [-0.39, 0.29) is 0 Å². The number of aromatic nitrogens is 1. The summed E-state index contributed by atoms with van der Waals surface area (Å²) in [6, 6.07) is 0. The SMILES string of the molecule is C=C(Cl)CNCc1csc(CC)n1. The molecular weight excluding hydrogens is 204 g/mol. The molecule has 0 aliphatic heterocycles. The van der Waals surface area contributed by atoms with E-state index >= 15 is 0 Å². The van der Waals surface area contributed by atoms with E-state index in [1.165, 1.54) is 5.01 Å². The van der Waals surface area contributed by atoms with Crippen LogP contribution in [0.2, 0.25) is 0 Å². The molecule has 1 rings (SSSR count). The Morgan fingerprint density at radius 1 is 1.77 bits per heavy atom. The lowest BCUT2D eigenvalue weighted by molar-refractivity contribution is 0.737. The summed E-state index contributed by atoms with van der Waals surface area (Å²) in [5.74, 6) is 0. The summed E-state index contributed by atoms with van der Waals surface area (Å²) >= 11 is 7.30. The zero-order valence-corrected chi connectivity index (χ0v) is 9.21. The molecule has 0 radical (unpaired) electrons. The minimum Gasteiger partial charge on any atom is -0.306 e. The van der Waals surface area contributed by atoms with E-state index in [2.05, 4.69) is 29.2 Å². The van der Waals surface area contributed by atoms with Gasteiger partial charge in [-0.05, 0) is 6.42 Å². The maximum Gasteiger partial charge on any atom is 0.0926 e. The van der Waals surface area contributed by atoms with Gasteiger partial charge < -0.3 is 5.32 Å². The summed E-state index contributed by atoms with van der Waals surface area (Å²) in [4.78, 5) is 4.41. The Kier molecular flexibility index (Phi) is 4.42. The van der Waals surface area contributed by atoms with E-state index in [0.29, 0.717) is 11.6 Å². The smallest absolute Gasteiger partial charge is 0.0926 e. The second-order valence-electron chi connectivity index (χ2n) is 2.71. The third kappa shape index (κ3) is 3.89. The van der Waals surface area contributed by atoms with Crippen molar-refractivity contribution in [2.24, 2.45) is 0 Å². The third-order valence-electron chi connectivity index (χ3n) is 1.52. The standard InChI is InChI=1S/C9H13ClN2S/c1-3-9-12-8(6-13-9)5-11-4-7(2)10/h6,11H,2-5H2,1H3. The maximum absolute atomic E-state index is 5.60. The molecule has 1 aromatic heterocycles. The summed E-state index contributed by atoms with van der Waals surface area (Å²) in [7, 11) is 0. The van der Waals surface area contributed by atoms with Gasteiger partial charge in [-0.3, -0.25) is 0 Å². The fourth-order valence-corrected chi connectivity index (χ4v) is 1.76. The van der Waals surface area contributed by atoms with Gasteiger partial charge in [0.15, 0.2) is 0 Å². The van der Waals surface area contributed by atoms with Gasteiger partial charge in [0, 0.05) is 23.5 Å². The molecule has 2 nitrogen and oxygen atoms in total. The molecule has 72 valence electrons. The number of aryl methyl sites for hydroxylation is 1. The summed E-state index contributed by atoms with van der Waals surface area (Å²) in [6.07, 6.45) is 1.01. The maximum atomic E-state index is 5.60. The summed E-state index contributed by atoms with van der Waals surface area (Å²) in [5.41, 5.74) is 1.08. The molecule has 0 bridgehead atoms. The highest BCUT2D eigenvalue weighted by molar-refractivity contribution is 7.09. The minimum absolute atomic E-state index is 0.631. The molecule has 0 spiro atoms. The van der Waals surface area contributed by atoms with E-state index in [1.54, 1.807) is 11.3 Å². The van der Waals surface area contributed by atoms with Crippen molar-refractivity contribution in [3.8, 4) is 0 Å². The van der Waals surface area contributed by atoms with Crippen molar-refractivity contribution in [3.63, 3.8) is 0 Å². The average Bonchev–Trinajstić information content (AvgIpc) is 2.52. The molecule has 0 saturated heterocycles. The number of thiazole rings is 1. The molecule has 0 aromatic carbocycles.